The van der Waals surface area contributed by atoms with Crippen molar-refractivity contribution in [3.05, 3.63) is 0 Å². The number of esters is 1. The molecule has 0 aliphatic rings. The molecule has 0 radical (unpaired) electrons. The Morgan fingerprint density at radius 1 is 1.18 bits per heavy atom. The first-order chi connectivity index (χ1) is 8.06. The van der Waals surface area contributed by atoms with Crippen molar-refractivity contribution in [2.45, 2.75) is 58.9 Å². The van der Waals surface area contributed by atoms with E-state index in [1.807, 2.05) is 0 Å². The number of hydrogen-bond acceptors (Lipinski definition) is 3. The summed E-state index contributed by atoms with van der Waals surface area (Å²) in [5, 5.41) is 2.71. The highest BCUT2D eigenvalue weighted by molar-refractivity contribution is 5.85. The molecular weight excluding hydrogens is 218 g/mol. The van der Waals surface area contributed by atoms with Crippen LogP contribution in [0.4, 0.5) is 0 Å². The predicted octanol–water partition coefficient (Wildman–Crippen LogP) is 2.27. The van der Waals surface area contributed by atoms with E-state index in [4.69, 9.17) is 0 Å². The molecule has 0 fully saturated rings. The van der Waals surface area contributed by atoms with E-state index in [2.05, 4.69) is 23.9 Å². The quantitative estimate of drug-likeness (QED) is 0.665. The van der Waals surface area contributed by atoms with Crippen LogP contribution in [0.3, 0.4) is 0 Å². The maximum atomic E-state index is 12.0. The normalized spacial score (nSPS) is 13.9. The highest BCUT2D eigenvalue weighted by Gasteiger charge is 2.21. The van der Waals surface area contributed by atoms with Crippen LogP contribution < -0.4 is 5.32 Å². The Kier molecular flexibility index (Phi) is 8.46. The summed E-state index contributed by atoms with van der Waals surface area (Å²) in [6.07, 6.45) is 4.88. The van der Waals surface area contributed by atoms with Crippen molar-refractivity contribution in [2.24, 2.45) is 5.92 Å². The first-order valence-electron chi connectivity index (χ1n) is 6.44. The minimum atomic E-state index is -0.562. The van der Waals surface area contributed by atoms with Crippen molar-refractivity contribution in [3.8, 4) is 0 Å². The smallest absolute Gasteiger partial charge is 0.328 e. The fraction of sp³-hybridized carbons (Fsp3) is 0.846. The van der Waals surface area contributed by atoms with E-state index in [1.54, 1.807) is 6.92 Å². The summed E-state index contributed by atoms with van der Waals surface area (Å²) in [5.41, 5.74) is 0. The largest absolute Gasteiger partial charge is 0.467 e. The minimum absolute atomic E-state index is 0.0204. The Balaban J connectivity index is 4.25. The van der Waals surface area contributed by atoms with Gasteiger partial charge in [-0.15, -0.1) is 0 Å². The lowest BCUT2D eigenvalue weighted by Crippen LogP contribution is -2.42. The minimum Gasteiger partial charge on any atom is -0.467 e. The van der Waals surface area contributed by atoms with Gasteiger partial charge >= 0.3 is 5.97 Å². The molecule has 0 heterocycles. The Labute approximate surface area is 104 Å². The summed E-state index contributed by atoms with van der Waals surface area (Å²) in [6.45, 7) is 5.82. The third kappa shape index (κ3) is 6.29. The number of methoxy groups -OCH3 is 1. The summed E-state index contributed by atoms with van der Waals surface area (Å²) in [6, 6.07) is -0.562. The molecule has 0 aromatic rings. The van der Waals surface area contributed by atoms with E-state index in [-0.39, 0.29) is 11.8 Å². The number of hydrogen-bond donors (Lipinski definition) is 1. The van der Waals surface area contributed by atoms with Gasteiger partial charge in [-0.25, -0.2) is 4.79 Å². The van der Waals surface area contributed by atoms with Crippen molar-refractivity contribution in [1.29, 1.82) is 0 Å². The number of carbonyl (C=O) groups excluding carboxylic acids is 2. The van der Waals surface area contributed by atoms with E-state index < -0.39 is 12.0 Å². The third-order valence-electron chi connectivity index (χ3n) is 2.83. The van der Waals surface area contributed by atoms with E-state index >= 15 is 0 Å². The van der Waals surface area contributed by atoms with Crippen LogP contribution in [0, 0.1) is 5.92 Å². The van der Waals surface area contributed by atoms with Gasteiger partial charge in [-0.3, -0.25) is 4.79 Å². The second kappa shape index (κ2) is 9.02. The van der Waals surface area contributed by atoms with Crippen molar-refractivity contribution in [3.63, 3.8) is 0 Å². The topological polar surface area (TPSA) is 55.4 Å². The zero-order valence-corrected chi connectivity index (χ0v) is 11.4. The number of amides is 1. The molecule has 1 N–H and O–H groups in total. The molecule has 17 heavy (non-hydrogen) atoms. The fourth-order valence-corrected chi connectivity index (χ4v) is 1.77. The number of rotatable bonds is 8. The standard InChI is InChI=1S/C13H25NO3/c1-5-7-9-11(8-6-2)12(15)14-10(3)13(16)17-4/h10-11H,5-9H2,1-4H3,(H,14,15). The summed E-state index contributed by atoms with van der Waals surface area (Å²) >= 11 is 0. The van der Waals surface area contributed by atoms with Gasteiger partial charge in [0.25, 0.3) is 0 Å². The van der Waals surface area contributed by atoms with Gasteiger partial charge in [0.2, 0.25) is 5.91 Å². The zero-order chi connectivity index (χ0) is 13.3. The Bertz CT molecular complexity index is 241. The molecule has 0 aromatic carbocycles. The monoisotopic (exact) mass is 243 g/mol. The third-order valence-corrected chi connectivity index (χ3v) is 2.83. The van der Waals surface area contributed by atoms with Crippen LogP contribution in [0.25, 0.3) is 0 Å². The number of carbonyl (C=O) groups is 2. The molecule has 2 atom stereocenters. The lowest BCUT2D eigenvalue weighted by molar-refractivity contribution is -0.145. The number of unbranched alkanes of at least 4 members (excludes halogenated alkanes) is 1. The van der Waals surface area contributed by atoms with Gasteiger partial charge in [0.1, 0.15) is 6.04 Å². The van der Waals surface area contributed by atoms with Gasteiger partial charge < -0.3 is 10.1 Å². The molecule has 100 valence electrons. The molecule has 0 aliphatic carbocycles. The van der Waals surface area contributed by atoms with E-state index in [9.17, 15) is 9.59 Å². The molecular formula is C13H25NO3. The molecule has 0 saturated carbocycles. The molecule has 0 saturated heterocycles. The highest BCUT2D eigenvalue weighted by atomic mass is 16.5. The molecule has 0 aromatic heterocycles. The van der Waals surface area contributed by atoms with Crippen LogP contribution in [-0.2, 0) is 14.3 Å². The van der Waals surface area contributed by atoms with Gasteiger partial charge in [-0.05, 0) is 19.8 Å². The van der Waals surface area contributed by atoms with E-state index in [0.29, 0.717) is 0 Å². The Hall–Kier alpha value is -1.06. The molecule has 0 spiro atoms. The SMILES string of the molecule is CCCCC(CCC)C(=O)NC(C)C(=O)OC. The lowest BCUT2D eigenvalue weighted by Gasteiger charge is -2.18. The molecule has 4 heteroatoms. The average Bonchev–Trinajstić information content (AvgIpc) is 2.32. The summed E-state index contributed by atoms with van der Waals surface area (Å²) in [4.78, 5) is 23.2. The lowest BCUT2D eigenvalue weighted by atomic mass is 9.96. The summed E-state index contributed by atoms with van der Waals surface area (Å²) in [7, 11) is 1.32. The van der Waals surface area contributed by atoms with E-state index in [1.165, 1.54) is 7.11 Å². The second-order valence-electron chi connectivity index (χ2n) is 4.38. The molecule has 0 aliphatic heterocycles. The molecule has 1 amide bonds. The predicted molar refractivity (Wildman–Crippen MR) is 67.5 cm³/mol. The van der Waals surface area contributed by atoms with Gasteiger partial charge in [0.15, 0.2) is 0 Å². The maximum absolute atomic E-state index is 12.0. The van der Waals surface area contributed by atoms with Crippen LogP contribution in [0.1, 0.15) is 52.9 Å². The average molecular weight is 243 g/mol. The van der Waals surface area contributed by atoms with Crippen LogP contribution in [0.15, 0.2) is 0 Å². The second-order valence-corrected chi connectivity index (χ2v) is 4.38. The van der Waals surface area contributed by atoms with Crippen molar-refractivity contribution in [2.75, 3.05) is 7.11 Å². The fourth-order valence-electron chi connectivity index (χ4n) is 1.77. The van der Waals surface area contributed by atoms with Gasteiger partial charge in [0.05, 0.1) is 7.11 Å². The number of nitrogens with one attached hydrogen (secondary N) is 1. The maximum Gasteiger partial charge on any atom is 0.328 e. The first-order valence-corrected chi connectivity index (χ1v) is 6.44. The van der Waals surface area contributed by atoms with Gasteiger partial charge in [-0.2, -0.15) is 0 Å². The van der Waals surface area contributed by atoms with Crippen molar-refractivity contribution >= 4 is 11.9 Å². The van der Waals surface area contributed by atoms with Crippen molar-refractivity contribution < 1.29 is 14.3 Å². The van der Waals surface area contributed by atoms with Crippen molar-refractivity contribution in [1.82, 2.24) is 5.32 Å². The molecule has 2 unspecified atom stereocenters. The number of ether oxygens (including phenoxy) is 1. The Morgan fingerprint density at radius 3 is 2.29 bits per heavy atom. The van der Waals surface area contributed by atoms with Crippen LogP contribution in [-0.4, -0.2) is 25.0 Å². The molecule has 4 nitrogen and oxygen atoms in total. The van der Waals surface area contributed by atoms with Gasteiger partial charge in [0, 0.05) is 5.92 Å². The molecule has 0 bridgehead atoms. The zero-order valence-electron chi connectivity index (χ0n) is 11.4. The summed E-state index contributed by atoms with van der Waals surface area (Å²) in [5.74, 6) is -0.408. The summed E-state index contributed by atoms with van der Waals surface area (Å²) < 4.78 is 4.58. The Morgan fingerprint density at radius 2 is 1.82 bits per heavy atom. The first kappa shape index (κ1) is 15.9. The highest BCUT2D eigenvalue weighted by Crippen LogP contribution is 2.15. The molecule has 0 rings (SSSR count). The van der Waals surface area contributed by atoms with Crippen LogP contribution in [0.2, 0.25) is 0 Å². The van der Waals surface area contributed by atoms with Crippen LogP contribution >= 0.6 is 0 Å². The van der Waals surface area contributed by atoms with Gasteiger partial charge in [-0.1, -0.05) is 33.1 Å². The van der Waals surface area contributed by atoms with E-state index in [0.717, 1.165) is 32.1 Å². The van der Waals surface area contributed by atoms with Crippen LogP contribution in [0.5, 0.6) is 0 Å².